The van der Waals surface area contributed by atoms with Gasteiger partial charge < -0.3 is 15.0 Å². The third-order valence-corrected chi connectivity index (χ3v) is 5.30. The van der Waals surface area contributed by atoms with Crippen LogP contribution in [-0.4, -0.2) is 42.1 Å². The number of rotatable bonds is 4. The van der Waals surface area contributed by atoms with Crippen molar-refractivity contribution in [3.63, 3.8) is 0 Å². The molecule has 1 heterocycles. The molecule has 1 saturated heterocycles. The van der Waals surface area contributed by atoms with Crippen LogP contribution in [0.1, 0.15) is 39.2 Å². The van der Waals surface area contributed by atoms with Gasteiger partial charge >= 0.3 is 6.09 Å². The van der Waals surface area contributed by atoms with Crippen LogP contribution in [0.3, 0.4) is 0 Å². The molecule has 0 bridgehead atoms. The van der Waals surface area contributed by atoms with Gasteiger partial charge in [-0.1, -0.05) is 36.9 Å². The summed E-state index contributed by atoms with van der Waals surface area (Å²) < 4.78 is 5.45. The molecule has 5 heteroatoms. The predicted octanol–water partition coefficient (Wildman–Crippen LogP) is 3.26. The molecular formula is C21H28N2O3. The van der Waals surface area contributed by atoms with Gasteiger partial charge in [0.2, 0.25) is 5.91 Å². The average molecular weight is 356 g/mol. The van der Waals surface area contributed by atoms with Crippen LogP contribution in [0.15, 0.2) is 43.0 Å². The van der Waals surface area contributed by atoms with Crippen LogP contribution in [0.4, 0.5) is 4.79 Å². The van der Waals surface area contributed by atoms with Crippen LogP contribution >= 0.6 is 0 Å². The first-order valence-electron chi connectivity index (χ1n) is 9.11. The normalized spacial score (nSPS) is 19.9. The van der Waals surface area contributed by atoms with Crippen molar-refractivity contribution in [2.45, 2.75) is 44.6 Å². The maximum Gasteiger partial charge on any atom is 0.410 e. The molecule has 2 fully saturated rings. The minimum Gasteiger partial charge on any atom is -0.444 e. The Kier molecular flexibility index (Phi) is 4.59. The third-order valence-electron chi connectivity index (χ3n) is 5.30. The minimum atomic E-state index is -0.470. The van der Waals surface area contributed by atoms with Crippen molar-refractivity contribution in [3.8, 4) is 0 Å². The first kappa shape index (κ1) is 18.5. The van der Waals surface area contributed by atoms with E-state index < -0.39 is 5.60 Å². The summed E-state index contributed by atoms with van der Waals surface area (Å²) in [7, 11) is 0. The molecule has 0 atom stereocenters. The SMILES string of the molecule is C=CC(=O)NCC1(c2ccccc2)CC2(CN(C(=O)OC(C)(C)C)C2)C1. The van der Waals surface area contributed by atoms with Crippen molar-refractivity contribution in [2.75, 3.05) is 19.6 Å². The van der Waals surface area contributed by atoms with Crippen LogP contribution in [0.2, 0.25) is 0 Å². The highest BCUT2D eigenvalue weighted by atomic mass is 16.6. The second-order valence-electron chi connectivity index (χ2n) is 8.76. The monoisotopic (exact) mass is 356 g/mol. The van der Waals surface area contributed by atoms with Crippen molar-refractivity contribution in [1.29, 1.82) is 0 Å². The first-order chi connectivity index (χ1) is 12.2. The van der Waals surface area contributed by atoms with E-state index in [2.05, 4.69) is 24.0 Å². The van der Waals surface area contributed by atoms with E-state index in [9.17, 15) is 9.59 Å². The zero-order valence-electron chi connectivity index (χ0n) is 15.9. The standard InChI is InChI=1S/C21H28N2O3/c1-5-17(24)22-13-21(16-9-7-6-8-10-16)11-20(12-21)14-23(15-20)18(25)26-19(2,3)4/h5-10H,1,11-15H2,2-4H3,(H,22,24). The van der Waals surface area contributed by atoms with Crippen molar-refractivity contribution in [1.82, 2.24) is 10.2 Å². The zero-order chi connectivity index (χ0) is 19.0. The minimum absolute atomic E-state index is 0.0695. The summed E-state index contributed by atoms with van der Waals surface area (Å²) >= 11 is 0. The quantitative estimate of drug-likeness (QED) is 0.843. The zero-order valence-corrected chi connectivity index (χ0v) is 15.9. The Bertz CT molecular complexity index is 692. The lowest BCUT2D eigenvalue weighted by Crippen LogP contribution is -2.69. The number of amides is 2. The predicted molar refractivity (Wildman–Crippen MR) is 101 cm³/mol. The second kappa shape index (κ2) is 6.45. The van der Waals surface area contributed by atoms with E-state index in [0.717, 1.165) is 25.9 Å². The van der Waals surface area contributed by atoms with Crippen LogP contribution in [0.25, 0.3) is 0 Å². The molecule has 26 heavy (non-hydrogen) atoms. The Morgan fingerprint density at radius 2 is 1.85 bits per heavy atom. The van der Waals surface area contributed by atoms with Crippen molar-refractivity contribution in [3.05, 3.63) is 48.6 Å². The Morgan fingerprint density at radius 1 is 1.23 bits per heavy atom. The molecule has 1 spiro atoms. The number of nitrogens with one attached hydrogen (secondary N) is 1. The van der Waals surface area contributed by atoms with Crippen molar-refractivity contribution < 1.29 is 14.3 Å². The molecule has 5 nitrogen and oxygen atoms in total. The van der Waals surface area contributed by atoms with Gasteiger partial charge in [-0.2, -0.15) is 0 Å². The maximum absolute atomic E-state index is 12.2. The number of nitrogens with zero attached hydrogens (tertiary/aromatic N) is 1. The van der Waals surface area contributed by atoms with Gasteiger partial charge in [-0.25, -0.2) is 4.79 Å². The Labute approximate surface area is 155 Å². The summed E-state index contributed by atoms with van der Waals surface area (Å²) in [6, 6.07) is 10.3. The van der Waals surface area contributed by atoms with Gasteiger partial charge in [0.25, 0.3) is 0 Å². The fourth-order valence-corrected chi connectivity index (χ4v) is 4.38. The van der Waals surface area contributed by atoms with E-state index >= 15 is 0 Å². The van der Waals surface area contributed by atoms with Gasteiger partial charge in [-0.05, 0) is 45.3 Å². The van der Waals surface area contributed by atoms with Crippen LogP contribution in [-0.2, 0) is 14.9 Å². The van der Waals surface area contributed by atoms with E-state index in [-0.39, 0.29) is 22.8 Å². The molecule has 1 aliphatic heterocycles. The average Bonchev–Trinajstić information content (AvgIpc) is 2.51. The molecule has 0 aromatic heterocycles. The van der Waals surface area contributed by atoms with Gasteiger partial charge in [-0.15, -0.1) is 0 Å². The van der Waals surface area contributed by atoms with Gasteiger partial charge in [0, 0.05) is 30.5 Å². The van der Waals surface area contributed by atoms with E-state index in [0.29, 0.717) is 6.54 Å². The number of hydrogen-bond acceptors (Lipinski definition) is 3. The largest absolute Gasteiger partial charge is 0.444 e. The summed E-state index contributed by atoms with van der Waals surface area (Å²) in [5.41, 5.74) is 0.846. The topological polar surface area (TPSA) is 58.6 Å². The summed E-state index contributed by atoms with van der Waals surface area (Å²) in [5, 5.41) is 2.96. The highest BCUT2D eigenvalue weighted by Gasteiger charge is 2.61. The number of carbonyl (C=O) groups excluding carboxylic acids is 2. The number of benzene rings is 1. The number of likely N-dealkylation sites (tertiary alicyclic amines) is 1. The van der Waals surface area contributed by atoms with Gasteiger partial charge in [0.15, 0.2) is 0 Å². The third kappa shape index (κ3) is 3.62. The highest BCUT2D eigenvalue weighted by molar-refractivity contribution is 5.86. The number of hydrogen-bond donors (Lipinski definition) is 1. The molecule has 1 N–H and O–H groups in total. The summed E-state index contributed by atoms with van der Waals surface area (Å²) in [5.74, 6) is -0.148. The first-order valence-corrected chi connectivity index (χ1v) is 9.11. The van der Waals surface area contributed by atoms with Crippen LogP contribution < -0.4 is 5.32 Å². The molecule has 0 unspecified atom stereocenters. The summed E-state index contributed by atoms with van der Waals surface area (Å²) in [4.78, 5) is 25.6. The molecule has 1 saturated carbocycles. The smallest absolute Gasteiger partial charge is 0.410 e. The van der Waals surface area contributed by atoms with Crippen molar-refractivity contribution >= 4 is 12.0 Å². The maximum atomic E-state index is 12.2. The second-order valence-corrected chi connectivity index (χ2v) is 8.76. The van der Waals surface area contributed by atoms with Gasteiger partial charge in [0.05, 0.1) is 0 Å². The molecule has 140 valence electrons. The molecule has 2 amide bonds. The Hall–Kier alpha value is -2.30. The van der Waals surface area contributed by atoms with E-state index in [1.807, 2.05) is 39.0 Å². The summed E-state index contributed by atoms with van der Waals surface area (Å²) in [6.45, 7) is 11.2. The molecule has 1 aromatic carbocycles. The van der Waals surface area contributed by atoms with Gasteiger partial charge in [0.1, 0.15) is 5.60 Å². The van der Waals surface area contributed by atoms with E-state index in [1.54, 1.807) is 4.90 Å². The molecular weight excluding hydrogens is 328 g/mol. The van der Waals surface area contributed by atoms with Crippen LogP contribution in [0, 0.1) is 5.41 Å². The molecule has 1 aromatic rings. The lowest BCUT2D eigenvalue weighted by molar-refractivity contribution is -0.121. The summed E-state index contributed by atoms with van der Waals surface area (Å²) in [6.07, 6.45) is 2.99. The molecule has 3 rings (SSSR count). The molecule has 0 radical (unpaired) electrons. The lowest BCUT2D eigenvalue weighted by atomic mass is 9.47. The molecule has 1 aliphatic carbocycles. The van der Waals surface area contributed by atoms with E-state index in [4.69, 9.17) is 4.74 Å². The van der Waals surface area contributed by atoms with Crippen LogP contribution in [0.5, 0.6) is 0 Å². The fraction of sp³-hybridized carbons (Fsp3) is 0.524. The highest BCUT2D eigenvalue weighted by Crippen LogP contribution is 2.59. The Balaban J connectivity index is 1.64. The fourth-order valence-electron chi connectivity index (χ4n) is 4.38. The number of carbonyl (C=O) groups is 2. The van der Waals surface area contributed by atoms with Gasteiger partial charge in [-0.3, -0.25) is 4.79 Å². The lowest BCUT2D eigenvalue weighted by Gasteiger charge is -2.64. The number of ether oxygens (including phenoxy) is 1. The molecule has 2 aliphatic rings. The Morgan fingerprint density at radius 3 is 2.38 bits per heavy atom. The van der Waals surface area contributed by atoms with Crippen molar-refractivity contribution in [2.24, 2.45) is 5.41 Å². The van der Waals surface area contributed by atoms with E-state index in [1.165, 1.54) is 11.6 Å².